The lowest BCUT2D eigenvalue weighted by atomic mass is 10.3. The molecule has 0 aliphatic rings. The molecule has 2 aromatic rings. The summed E-state index contributed by atoms with van der Waals surface area (Å²) in [5, 5.41) is 0. The number of thiazole rings is 1. The van der Waals surface area contributed by atoms with Crippen LogP contribution < -0.4 is 4.31 Å². The normalized spacial score (nSPS) is 11.5. The Hall–Kier alpha value is -1.18. The fourth-order valence-electron chi connectivity index (χ4n) is 1.30. The van der Waals surface area contributed by atoms with Gasteiger partial charge in [0, 0.05) is 7.05 Å². The molecule has 0 aliphatic carbocycles. The Morgan fingerprint density at radius 1 is 1.44 bits per heavy atom. The van der Waals surface area contributed by atoms with Crippen molar-refractivity contribution in [2.45, 2.75) is 4.21 Å². The Morgan fingerprint density at radius 2 is 2.17 bits per heavy atom. The average Bonchev–Trinajstić information content (AvgIpc) is 2.75. The van der Waals surface area contributed by atoms with Gasteiger partial charge in [-0.1, -0.05) is 29.0 Å². The molecule has 8 heteroatoms. The van der Waals surface area contributed by atoms with Crippen LogP contribution in [0.3, 0.4) is 0 Å². The molecule has 0 amide bonds. The molecule has 2 rings (SSSR count). The first-order valence-corrected chi connectivity index (χ1v) is 7.40. The van der Waals surface area contributed by atoms with Crippen molar-refractivity contribution in [1.29, 1.82) is 0 Å². The van der Waals surface area contributed by atoms with Crippen molar-refractivity contribution >= 4 is 38.6 Å². The van der Waals surface area contributed by atoms with E-state index in [0.717, 1.165) is 21.7 Å². The number of anilines is 1. The number of nitrogens with zero attached hydrogens (tertiary/aromatic N) is 2. The van der Waals surface area contributed by atoms with Crippen LogP contribution in [-0.4, -0.2) is 20.4 Å². The topological polar surface area (TPSA) is 50.3 Å². The van der Waals surface area contributed by atoms with Crippen LogP contribution in [0.4, 0.5) is 10.1 Å². The van der Waals surface area contributed by atoms with Gasteiger partial charge in [0.15, 0.2) is 8.68 Å². The number of aromatic nitrogens is 1. The summed E-state index contributed by atoms with van der Waals surface area (Å²) in [6, 6.07) is 5.33. The van der Waals surface area contributed by atoms with Crippen molar-refractivity contribution in [3.63, 3.8) is 0 Å². The van der Waals surface area contributed by atoms with E-state index in [9.17, 15) is 12.8 Å². The summed E-state index contributed by atoms with van der Waals surface area (Å²) in [6.07, 6.45) is 1.18. The van der Waals surface area contributed by atoms with Crippen molar-refractivity contribution in [2.75, 3.05) is 11.4 Å². The lowest BCUT2D eigenvalue weighted by molar-refractivity contribution is 0.596. The van der Waals surface area contributed by atoms with Gasteiger partial charge in [0.1, 0.15) is 5.82 Å². The summed E-state index contributed by atoms with van der Waals surface area (Å²) in [6.45, 7) is 0. The molecule has 0 saturated carbocycles. The average molecular weight is 307 g/mol. The highest BCUT2D eigenvalue weighted by Gasteiger charge is 2.24. The Morgan fingerprint density at radius 3 is 2.72 bits per heavy atom. The first-order chi connectivity index (χ1) is 8.41. The molecule has 1 aromatic heterocycles. The Bertz CT molecular complexity index is 672. The summed E-state index contributed by atoms with van der Waals surface area (Å²) in [4.78, 5) is 3.68. The zero-order chi connectivity index (χ0) is 13.3. The van der Waals surface area contributed by atoms with Crippen LogP contribution in [0.5, 0.6) is 0 Å². The van der Waals surface area contributed by atoms with Gasteiger partial charge in [-0.3, -0.25) is 4.31 Å². The highest BCUT2D eigenvalue weighted by atomic mass is 35.5. The number of benzene rings is 1. The molecular formula is C10H8ClFN2O2S2. The van der Waals surface area contributed by atoms with Crippen molar-refractivity contribution in [3.05, 3.63) is 40.7 Å². The molecule has 0 spiro atoms. The predicted molar refractivity (Wildman–Crippen MR) is 69.1 cm³/mol. The fraction of sp³-hybridized carbons (Fsp3) is 0.100. The third-order valence-electron chi connectivity index (χ3n) is 2.24. The standard InChI is InChI=1S/C10H8ClFN2O2S2/c1-14(8-4-2-3-7(12)5-8)18(15,16)9-6-13-10(11)17-9/h2-6H,1H3. The number of sulfonamides is 1. The molecule has 1 heterocycles. The van der Waals surface area contributed by atoms with E-state index in [0.29, 0.717) is 0 Å². The zero-order valence-electron chi connectivity index (χ0n) is 9.17. The van der Waals surface area contributed by atoms with Crippen LogP contribution in [0.15, 0.2) is 34.7 Å². The Balaban J connectivity index is 2.42. The molecule has 0 radical (unpaired) electrons. The van der Waals surface area contributed by atoms with E-state index in [2.05, 4.69) is 4.98 Å². The fourth-order valence-corrected chi connectivity index (χ4v) is 3.96. The van der Waals surface area contributed by atoms with Gasteiger partial charge in [-0.05, 0) is 18.2 Å². The lowest BCUT2D eigenvalue weighted by Crippen LogP contribution is -2.25. The summed E-state index contributed by atoms with van der Waals surface area (Å²) in [5.74, 6) is -0.503. The molecule has 0 fully saturated rings. The van der Waals surface area contributed by atoms with Crippen molar-refractivity contribution in [3.8, 4) is 0 Å². The lowest BCUT2D eigenvalue weighted by Gasteiger charge is -2.17. The molecule has 0 saturated heterocycles. The van der Waals surface area contributed by atoms with Gasteiger partial charge in [-0.15, -0.1) is 0 Å². The van der Waals surface area contributed by atoms with Gasteiger partial charge in [0.2, 0.25) is 0 Å². The summed E-state index contributed by atoms with van der Waals surface area (Å²) in [7, 11) is -2.40. The van der Waals surface area contributed by atoms with Gasteiger partial charge < -0.3 is 0 Å². The van der Waals surface area contributed by atoms with E-state index in [-0.39, 0.29) is 14.4 Å². The molecule has 0 atom stereocenters. The number of hydrogen-bond donors (Lipinski definition) is 0. The van der Waals surface area contributed by atoms with Gasteiger partial charge in [0.05, 0.1) is 11.9 Å². The van der Waals surface area contributed by atoms with Crippen LogP contribution in [-0.2, 0) is 10.0 Å². The van der Waals surface area contributed by atoms with Crippen molar-refractivity contribution < 1.29 is 12.8 Å². The molecule has 4 nitrogen and oxygen atoms in total. The number of halogens is 2. The monoisotopic (exact) mass is 306 g/mol. The minimum absolute atomic E-state index is 0.0132. The Labute approximate surface area is 113 Å². The minimum Gasteiger partial charge on any atom is -0.269 e. The van der Waals surface area contributed by atoms with Crippen molar-refractivity contribution in [1.82, 2.24) is 4.98 Å². The van der Waals surface area contributed by atoms with Gasteiger partial charge in [-0.2, -0.15) is 0 Å². The van der Waals surface area contributed by atoms with E-state index in [1.54, 1.807) is 0 Å². The summed E-state index contributed by atoms with van der Waals surface area (Å²) in [5.41, 5.74) is 0.236. The molecule has 1 aromatic carbocycles. The van der Waals surface area contributed by atoms with E-state index in [1.165, 1.54) is 31.4 Å². The molecule has 0 bridgehead atoms. The van der Waals surface area contributed by atoms with E-state index in [4.69, 9.17) is 11.6 Å². The maximum absolute atomic E-state index is 13.1. The molecule has 96 valence electrons. The second-order valence-electron chi connectivity index (χ2n) is 3.38. The van der Waals surface area contributed by atoms with Crippen molar-refractivity contribution in [2.24, 2.45) is 0 Å². The molecule has 18 heavy (non-hydrogen) atoms. The van der Waals surface area contributed by atoms with Crippen LogP contribution in [0, 0.1) is 5.82 Å². The SMILES string of the molecule is CN(c1cccc(F)c1)S(=O)(=O)c1cnc(Cl)s1. The number of hydrogen-bond acceptors (Lipinski definition) is 4. The van der Waals surface area contributed by atoms with Gasteiger partial charge >= 0.3 is 0 Å². The largest absolute Gasteiger partial charge is 0.275 e. The third kappa shape index (κ3) is 2.47. The molecule has 0 N–H and O–H groups in total. The quantitative estimate of drug-likeness (QED) is 0.876. The highest BCUT2D eigenvalue weighted by Crippen LogP contribution is 2.28. The second kappa shape index (κ2) is 4.83. The second-order valence-corrected chi connectivity index (χ2v) is 7.19. The minimum atomic E-state index is -3.75. The molecule has 0 unspecified atom stereocenters. The molecular weight excluding hydrogens is 299 g/mol. The molecule has 0 aliphatic heterocycles. The third-order valence-corrected chi connectivity index (χ3v) is 5.58. The smallest absolute Gasteiger partial charge is 0.269 e. The van der Waals surface area contributed by atoms with E-state index < -0.39 is 15.8 Å². The first-order valence-electron chi connectivity index (χ1n) is 4.77. The number of rotatable bonds is 3. The summed E-state index contributed by atoms with van der Waals surface area (Å²) < 4.78 is 38.6. The first kappa shape index (κ1) is 13.3. The maximum atomic E-state index is 13.1. The zero-order valence-corrected chi connectivity index (χ0v) is 11.6. The predicted octanol–water partition coefficient (Wildman–Crippen LogP) is 2.76. The van der Waals surface area contributed by atoms with Crippen LogP contribution in [0.1, 0.15) is 0 Å². The Kier molecular flexibility index (Phi) is 3.56. The maximum Gasteiger partial charge on any atom is 0.275 e. The van der Waals surface area contributed by atoms with Crippen LogP contribution in [0.25, 0.3) is 0 Å². The van der Waals surface area contributed by atoms with Gasteiger partial charge in [0.25, 0.3) is 10.0 Å². The van der Waals surface area contributed by atoms with Crippen LogP contribution >= 0.6 is 22.9 Å². The van der Waals surface area contributed by atoms with E-state index in [1.807, 2.05) is 0 Å². The summed E-state index contributed by atoms with van der Waals surface area (Å²) >= 11 is 6.46. The van der Waals surface area contributed by atoms with E-state index >= 15 is 0 Å². The van der Waals surface area contributed by atoms with Gasteiger partial charge in [-0.25, -0.2) is 17.8 Å². The van der Waals surface area contributed by atoms with Crippen LogP contribution in [0.2, 0.25) is 4.47 Å². The highest BCUT2D eigenvalue weighted by molar-refractivity contribution is 7.94.